The Balaban J connectivity index is 2.19. The Morgan fingerprint density at radius 3 is 2.83 bits per heavy atom. The van der Waals surface area contributed by atoms with Crippen LogP contribution in [0.1, 0.15) is 44.4 Å². The van der Waals surface area contributed by atoms with Crippen molar-refractivity contribution < 1.29 is 5.11 Å². The number of nitrogens with one attached hydrogen (secondary N) is 1. The maximum absolute atomic E-state index is 9.15. The summed E-state index contributed by atoms with van der Waals surface area (Å²) in [6.07, 6.45) is 2.39. The van der Waals surface area contributed by atoms with E-state index in [2.05, 4.69) is 50.4 Å². The zero-order chi connectivity index (χ0) is 13.2. The molecule has 2 rings (SSSR count). The monoisotopic (exact) mass is 247 g/mol. The third-order valence-electron chi connectivity index (χ3n) is 4.17. The van der Waals surface area contributed by atoms with Gasteiger partial charge in [0, 0.05) is 19.2 Å². The van der Waals surface area contributed by atoms with Crippen LogP contribution in [0.4, 0.5) is 0 Å². The van der Waals surface area contributed by atoms with Gasteiger partial charge < -0.3 is 10.4 Å². The standard InChI is InChI=1S/C16H25NO/c1-12(11-18)10-17-15-14-7-5-4-6-13(14)8-9-16(15,2)3/h4-7,12,15,17-18H,8-11H2,1-3H3. The summed E-state index contributed by atoms with van der Waals surface area (Å²) in [5, 5.41) is 12.8. The van der Waals surface area contributed by atoms with E-state index in [4.69, 9.17) is 5.11 Å². The normalized spacial score (nSPS) is 23.4. The minimum atomic E-state index is 0.252. The van der Waals surface area contributed by atoms with E-state index < -0.39 is 0 Å². The lowest BCUT2D eigenvalue weighted by Crippen LogP contribution is -2.40. The first-order chi connectivity index (χ1) is 8.54. The van der Waals surface area contributed by atoms with Crippen LogP contribution < -0.4 is 5.32 Å². The van der Waals surface area contributed by atoms with Crippen molar-refractivity contribution in [3.63, 3.8) is 0 Å². The third kappa shape index (κ3) is 2.76. The van der Waals surface area contributed by atoms with E-state index in [-0.39, 0.29) is 12.0 Å². The van der Waals surface area contributed by atoms with Crippen LogP contribution in [0.5, 0.6) is 0 Å². The van der Waals surface area contributed by atoms with Crippen molar-refractivity contribution in [2.24, 2.45) is 11.3 Å². The molecule has 2 nitrogen and oxygen atoms in total. The highest BCUT2D eigenvalue weighted by Crippen LogP contribution is 2.43. The van der Waals surface area contributed by atoms with Crippen LogP contribution in [0, 0.1) is 11.3 Å². The second-order valence-corrected chi connectivity index (χ2v) is 6.32. The Bertz CT molecular complexity index is 400. The average molecular weight is 247 g/mol. The lowest BCUT2D eigenvalue weighted by atomic mass is 9.70. The van der Waals surface area contributed by atoms with Gasteiger partial charge >= 0.3 is 0 Å². The smallest absolute Gasteiger partial charge is 0.0468 e. The van der Waals surface area contributed by atoms with Gasteiger partial charge in [-0.25, -0.2) is 0 Å². The first-order valence-electron chi connectivity index (χ1n) is 6.96. The molecular weight excluding hydrogens is 222 g/mol. The molecule has 0 fully saturated rings. The van der Waals surface area contributed by atoms with Crippen molar-refractivity contribution in [1.82, 2.24) is 5.32 Å². The minimum Gasteiger partial charge on any atom is -0.396 e. The molecule has 2 N–H and O–H groups in total. The van der Waals surface area contributed by atoms with Gasteiger partial charge in [-0.3, -0.25) is 0 Å². The summed E-state index contributed by atoms with van der Waals surface area (Å²) in [6.45, 7) is 7.88. The highest BCUT2D eigenvalue weighted by Gasteiger charge is 2.35. The lowest BCUT2D eigenvalue weighted by Gasteiger charge is -2.41. The quantitative estimate of drug-likeness (QED) is 0.857. The molecule has 2 heteroatoms. The molecule has 0 saturated carbocycles. The number of fused-ring (bicyclic) bond motifs is 1. The molecule has 0 amide bonds. The molecule has 2 atom stereocenters. The molecule has 0 aliphatic heterocycles. The number of benzene rings is 1. The van der Waals surface area contributed by atoms with E-state index in [1.165, 1.54) is 24.0 Å². The molecule has 0 spiro atoms. The SMILES string of the molecule is CC(CO)CNC1c2ccccc2CCC1(C)C. The van der Waals surface area contributed by atoms with Crippen LogP contribution in [-0.4, -0.2) is 18.3 Å². The molecule has 2 unspecified atom stereocenters. The van der Waals surface area contributed by atoms with E-state index in [0.29, 0.717) is 12.0 Å². The maximum atomic E-state index is 9.15. The van der Waals surface area contributed by atoms with Gasteiger partial charge in [-0.15, -0.1) is 0 Å². The Labute approximate surface area is 110 Å². The van der Waals surface area contributed by atoms with Gasteiger partial charge in [0.2, 0.25) is 0 Å². The molecule has 0 radical (unpaired) electrons. The second-order valence-electron chi connectivity index (χ2n) is 6.32. The van der Waals surface area contributed by atoms with Crippen molar-refractivity contribution in [3.8, 4) is 0 Å². The van der Waals surface area contributed by atoms with Crippen LogP contribution >= 0.6 is 0 Å². The Kier molecular flexibility index (Phi) is 4.08. The minimum absolute atomic E-state index is 0.252. The Morgan fingerprint density at radius 1 is 1.39 bits per heavy atom. The summed E-state index contributed by atoms with van der Waals surface area (Å²) in [7, 11) is 0. The van der Waals surface area contributed by atoms with Gasteiger partial charge in [-0.2, -0.15) is 0 Å². The van der Waals surface area contributed by atoms with Crippen molar-refractivity contribution in [1.29, 1.82) is 0 Å². The van der Waals surface area contributed by atoms with Crippen LogP contribution in [0.15, 0.2) is 24.3 Å². The van der Waals surface area contributed by atoms with E-state index in [1.54, 1.807) is 0 Å². The maximum Gasteiger partial charge on any atom is 0.0468 e. The summed E-state index contributed by atoms with van der Waals surface area (Å²) in [5.74, 6) is 0.315. The van der Waals surface area contributed by atoms with Crippen LogP contribution in [0.3, 0.4) is 0 Å². The van der Waals surface area contributed by atoms with Gasteiger partial charge in [0.05, 0.1) is 0 Å². The first kappa shape index (κ1) is 13.6. The predicted octanol–water partition coefficient (Wildman–Crippen LogP) is 2.92. The summed E-state index contributed by atoms with van der Waals surface area (Å²) in [6, 6.07) is 9.15. The number of rotatable bonds is 4. The van der Waals surface area contributed by atoms with Gasteiger partial charge in [0.15, 0.2) is 0 Å². The van der Waals surface area contributed by atoms with E-state index in [9.17, 15) is 0 Å². The Hall–Kier alpha value is -0.860. The van der Waals surface area contributed by atoms with Crippen molar-refractivity contribution in [2.75, 3.05) is 13.2 Å². The van der Waals surface area contributed by atoms with Gasteiger partial charge in [0.25, 0.3) is 0 Å². The van der Waals surface area contributed by atoms with E-state index in [1.807, 2.05) is 0 Å². The fourth-order valence-corrected chi connectivity index (χ4v) is 2.84. The number of aliphatic hydroxyl groups is 1. The van der Waals surface area contributed by atoms with E-state index in [0.717, 1.165) is 6.54 Å². The molecule has 100 valence electrons. The molecule has 0 bridgehead atoms. The van der Waals surface area contributed by atoms with Crippen molar-refractivity contribution in [2.45, 2.75) is 39.7 Å². The molecule has 1 aromatic carbocycles. The summed E-state index contributed by atoms with van der Waals surface area (Å²) in [4.78, 5) is 0. The van der Waals surface area contributed by atoms with Crippen molar-refractivity contribution in [3.05, 3.63) is 35.4 Å². The molecule has 0 heterocycles. The zero-order valence-corrected chi connectivity index (χ0v) is 11.7. The molecular formula is C16H25NO. The molecule has 0 saturated heterocycles. The number of hydrogen-bond donors (Lipinski definition) is 2. The fourth-order valence-electron chi connectivity index (χ4n) is 2.84. The highest BCUT2D eigenvalue weighted by molar-refractivity contribution is 5.34. The zero-order valence-electron chi connectivity index (χ0n) is 11.7. The molecule has 1 aliphatic rings. The largest absolute Gasteiger partial charge is 0.396 e. The summed E-state index contributed by atoms with van der Waals surface area (Å²) >= 11 is 0. The number of hydrogen-bond acceptors (Lipinski definition) is 2. The summed E-state index contributed by atoms with van der Waals surface area (Å²) in [5.41, 5.74) is 3.20. The molecule has 1 aliphatic carbocycles. The summed E-state index contributed by atoms with van der Waals surface area (Å²) < 4.78 is 0. The van der Waals surface area contributed by atoms with Crippen LogP contribution in [0.2, 0.25) is 0 Å². The number of aliphatic hydroxyl groups excluding tert-OH is 1. The second kappa shape index (κ2) is 5.41. The van der Waals surface area contributed by atoms with E-state index >= 15 is 0 Å². The van der Waals surface area contributed by atoms with Crippen LogP contribution in [-0.2, 0) is 6.42 Å². The van der Waals surface area contributed by atoms with Crippen LogP contribution in [0.25, 0.3) is 0 Å². The first-order valence-corrected chi connectivity index (χ1v) is 6.96. The van der Waals surface area contributed by atoms with Gasteiger partial charge in [0.1, 0.15) is 0 Å². The van der Waals surface area contributed by atoms with Gasteiger partial charge in [-0.05, 0) is 35.3 Å². The molecule has 18 heavy (non-hydrogen) atoms. The van der Waals surface area contributed by atoms with Crippen molar-refractivity contribution >= 4 is 0 Å². The molecule has 1 aromatic rings. The topological polar surface area (TPSA) is 32.3 Å². The number of aryl methyl sites for hydroxylation is 1. The molecule has 0 aromatic heterocycles. The lowest BCUT2D eigenvalue weighted by molar-refractivity contribution is 0.183. The Morgan fingerprint density at radius 2 is 2.11 bits per heavy atom. The predicted molar refractivity (Wildman–Crippen MR) is 75.5 cm³/mol. The average Bonchev–Trinajstić information content (AvgIpc) is 2.36. The highest BCUT2D eigenvalue weighted by atomic mass is 16.3. The fraction of sp³-hybridized carbons (Fsp3) is 0.625. The van der Waals surface area contributed by atoms with Gasteiger partial charge in [-0.1, -0.05) is 45.0 Å². The third-order valence-corrected chi connectivity index (χ3v) is 4.17.